The number of carbonyl (C=O) groups excluding carboxylic acids is 1. The maximum atomic E-state index is 11.8. The highest BCUT2D eigenvalue weighted by Crippen LogP contribution is 2.28. The molecule has 1 aromatic rings. The van der Waals surface area contributed by atoms with Crippen molar-refractivity contribution in [3.8, 4) is 5.75 Å². The summed E-state index contributed by atoms with van der Waals surface area (Å²) in [6.45, 7) is 0. The van der Waals surface area contributed by atoms with Gasteiger partial charge in [0.15, 0.2) is 0 Å². The summed E-state index contributed by atoms with van der Waals surface area (Å²) in [6.07, 6.45) is 4.18. The Labute approximate surface area is 94.5 Å². The van der Waals surface area contributed by atoms with E-state index in [0.717, 1.165) is 25.7 Å². The smallest absolute Gasteiger partial charge is 0.227 e. The summed E-state index contributed by atoms with van der Waals surface area (Å²) in [7, 11) is 0. The Morgan fingerprint density at radius 1 is 1.38 bits per heavy atom. The van der Waals surface area contributed by atoms with Gasteiger partial charge >= 0.3 is 0 Å². The Kier molecular flexibility index (Phi) is 2.99. The molecule has 1 aliphatic carbocycles. The second kappa shape index (κ2) is 4.43. The van der Waals surface area contributed by atoms with Crippen LogP contribution in [0.15, 0.2) is 18.2 Å². The molecule has 1 aliphatic rings. The predicted molar refractivity (Wildman–Crippen MR) is 63.1 cm³/mol. The summed E-state index contributed by atoms with van der Waals surface area (Å²) in [4.78, 5) is 11.8. The van der Waals surface area contributed by atoms with E-state index in [2.05, 4.69) is 5.32 Å². The largest absolute Gasteiger partial charge is 0.508 e. The van der Waals surface area contributed by atoms with Crippen LogP contribution in [-0.4, -0.2) is 11.0 Å². The Bertz CT molecular complexity index is 398. The average Bonchev–Trinajstić information content (AvgIpc) is 2.75. The number of nitrogen functional groups attached to an aromatic ring is 1. The highest BCUT2D eigenvalue weighted by Gasteiger charge is 2.22. The van der Waals surface area contributed by atoms with E-state index in [4.69, 9.17) is 5.73 Å². The van der Waals surface area contributed by atoms with Gasteiger partial charge in [0.1, 0.15) is 5.75 Å². The van der Waals surface area contributed by atoms with Gasteiger partial charge < -0.3 is 16.2 Å². The molecule has 0 unspecified atom stereocenters. The third kappa shape index (κ3) is 2.27. The third-order valence-corrected chi connectivity index (χ3v) is 3.02. The molecule has 4 N–H and O–H groups in total. The summed E-state index contributed by atoms with van der Waals surface area (Å²) in [5.41, 5.74) is 6.67. The van der Waals surface area contributed by atoms with Crippen LogP contribution in [0.3, 0.4) is 0 Å². The molecule has 0 heterocycles. The topological polar surface area (TPSA) is 75.3 Å². The molecule has 86 valence electrons. The highest BCUT2D eigenvalue weighted by molar-refractivity contribution is 5.95. The number of aromatic hydroxyl groups is 1. The molecule has 0 atom stereocenters. The van der Waals surface area contributed by atoms with Crippen molar-refractivity contribution in [3.05, 3.63) is 18.2 Å². The quantitative estimate of drug-likeness (QED) is 0.527. The van der Waals surface area contributed by atoms with Gasteiger partial charge in [-0.3, -0.25) is 4.79 Å². The van der Waals surface area contributed by atoms with Gasteiger partial charge in [-0.25, -0.2) is 0 Å². The summed E-state index contributed by atoms with van der Waals surface area (Å²) in [6, 6.07) is 4.57. The van der Waals surface area contributed by atoms with Gasteiger partial charge in [-0.2, -0.15) is 0 Å². The Balaban J connectivity index is 2.05. The second-order valence-electron chi connectivity index (χ2n) is 4.24. The van der Waals surface area contributed by atoms with Gasteiger partial charge in [0.05, 0.1) is 11.4 Å². The maximum absolute atomic E-state index is 11.8. The molecule has 1 saturated carbocycles. The number of hydrogen-bond donors (Lipinski definition) is 3. The van der Waals surface area contributed by atoms with E-state index in [-0.39, 0.29) is 17.6 Å². The van der Waals surface area contributed by atoms with Crippen molar-refractivity contribution in [2.45, 2.75) is 25.7 Å². The monoisotopic (exact) mass is 220 g/mol. The van der Waals surface area contributed by atoms with E-state index in [1.807, 2.05) is 0 Å². The molecule has 4 heteroatoms. The van der Waals surface area contributed by atoms with Crippen molar-refractivity contribution >= 4 is 17.3 Å². The van der Waals surface area contributed by atoms with Crippen LogP contribution in [0.4, 0.5) is 11.4 Å². The molecular formula is C12H16N2O2. The molecule has 1 amide bonds. The van der Waals surface area contributed by atoms with E-state index in [1.165, 1.54) is 12.1 Å². The summed E-state index contributed by atoms with van der Waals surface area (Å²) in [5.74, 6) is 0.263. The van der Waals surface area contributed by atoms with E-state index in [0.29, 0.717) is 11.4 Å². The van der Waals surface area contributed by atoms with Gasteiger partial charge in [0.25, 0.3) is 0 Å². The van der Waals surface area contributed by atoms with Gasteiger partial charge in [0.2, 0.25) is 5.91 Å². The number of nitrogens with two attached hydrogens (primary N) is 1. The van der Waals surface area contributed by atoms with Crippen molar-refractivity contribution in [1.29, 1.82) is 0 Å². The summed E-state index contributed by atoms with van der Waals surface area (Å²) >= 11 is 0. The van der Waals surface area contributed by atoms with Crippen LogP contribution in [-0.2, 0) is 4.79 Å². The lowest BCUT2D eigenvalue weighted by Gasteiger charge is -2.12. The van der Waals surface area contributed by atoms with Crippen LogP contribution < -0.4 is 11.1 Å². The molecule has 0 spiro atoms. The Hall–Kier alpha value is -1.71. The lowest BCUT2D eigenvalue weighted by molar-refractivity contribution is -0.119. The van der Waals surface area contributed by atoms with Crippen LogP contribution >= 0.6 is 0 Å². The number of anilines is 2. The van der Waals surface area contributed by atoms with Crippen molar-refractivity contribution in [3.63, 3.8) is 0 Å². The minimum absolute atomic E-state index is 0.0369. The van der Waals surface area contributed by atoms with Gasteiger partial charge in [-0.05, 0) is 25.0 Å². The molecule has 0 aliphatic heterocycles. The first-order chi connectivity index (χ1) is 7.66. The van der Waals surface area contributed by atoms with Crippen molar-refractivity contribution in [2.24, 2.45) is 5.92 Å². The number of nitrogens with one attached hydrogen (secondary N) is 1. The van der Waals surface area contributed by atoms with Crippen LogP contribution in [0.5, 0.6) is 5.75 Å². The van der Waals surface area contributed by atoms with Gasteiger partial charge in [-0.1, -0.05) is 12.8 Å². The predicted octanol–water partition coefficient (Wildman–Crippen LogP) is 2.10. The number of hydrogen-bond acceptors (Lipinski definition) is 3. The Morgan fingerprint density at radius 3 is 2.69 bits per heavy atom. The number of phenols is 1. The highest BCUT2D eigenvalue weighted by atomic mass is 16.3. The van der Waals surface area contributed by atoms with E-state index in [1.54, 1.807) is 6.07 Å². The third-order valence-electron chi connectivity index (χ3n) is 3.02. The van der Waals surface area contributed by atoms with E-state index >= 15 is 0 Å². The number of phenolic OH excluding ortho intramolecular Hbond substituents is 1. The molecule has 4 nitrogen and oxygen atoms in total. The van der Waals surface area contributed by atoms with E-state index < -0.39 is 0 Å². The van der Waals surface area contributed by atoms with Gasteiger partial charge in [-0.15, -0.1) is 0 Å². The molecule has 0 aromatic heterocycles. The SMILES string of the molecule is Nc1cc(O)ccc1NC(=O)C1CCCC1. The van der Waals surface area contributed by atoms with Crippen molar-refractivity contribution < 1.29 is 9.90 Å². The lowest BCUT2D eigenvalue weighted by atomic mass is 10.1. The molecule has 16 heavy (non-hydrogen) atoms. The first-order valence-electron chi connectivity index (χ1n) is 5.56. The average molecular weight is 220 g/mol. The minimum atomic E-state index is 0.0369. The molecule has 2 rings (SSSR count). The molecule has 1 aromatic carbocycles. The zero-order valence-electron chi connectivity index (χ0n) is 9.07. The van der Waals surface area contributed by atoms with Crippen LogP contribution in [0.2, 0.25) is 0 Å². The Morgan fingerprint density at radius 2 is 2.06 bits per heavy atom. The van der Waals surface area contributed by atoms with E-state index in [9.17, 15) is 9.90 Å². The number of carbonyl (C=O) groups is 1. The molecule has 1 fully saturated rings. The normalized spacial score (nSPS) is 16.2. The van der Waals surface area contributed by atoms with Crippen molar-refractivity contribution in [2.75, 3.05) is 11.1 Å². The zero-order chi connectivity index (χ0) is 11.5. The zero-order valence-corrected chi connectivity index (χ0v) is 9.07. The van der Waals surface area contributed by atoms with Crippen LogP contribution in [0, 0.1) is 5.92 Å². The molecule has 0 saturated heterocycles. The fourth-order valence-electron chi connectivity index (χ4n) is 2.09. The van der Waals surface area contributed by atoms with Crippen molar-refractivity contribution in [1.82, 2.24) is 0 Å². The second-order valence-corrected chi connectivity index (χ2v) is 4.24. The number of amides is 1. The fraction of sp³-hybridized carbons (Fsp3) is 0.417. The maximum Gasteiger partial charge on any atom is 0.227 e. The number of rotatable bonds is 2. The lowest BCUT2D eigenvalue weighted by Crippen LogP contribution is -2.20. The first-order valence-corrected chi connectivity index (χ1v) is 5.56. The molecule has 0 bridgehead atoms. The number of benzene rings is 1. The summed E-state index contributed by atoms with van der Waals surface area (Å²) < 4.78 is 0. The standard InChI is InChI=1S/C12H16N2O2/c13-10-7-9(15)5-6-11(10)14-12(16)8-3-1-2-4-8/h5-8,15H,1-4,13H2,(H,14,16). The minimum Gasteiger partial charge on any atom is -0.508 e. The summed E-state index contributed by atoms with van der Waals surface area (Å²) in [5, 5.41) is 12.0. The van der Waals surface area contributed by atoms with Crippen LogP contribution in [0.25, 0.3) is 0 Å². The molecular weight excluding hydrogens is 204 g/mol. The first kappa shape index (κ1) is 10.8. The fourth-order valence-corrected chi connectivity index (χ4v) is 2.09. The molecule has 0 radical (unpaired) electrons. The van der Waals surface area contributed by atoms with Gasteiger partial charge in [0, 0.05) is 12.0 Å². The van der Waals surface area contributed by atoms with Crippen LogP contribution in [0.1, 0.15) is 25.7 Å².